The summed E-state index contributed by atoms with van der Waals surface area (Å²) in [5, 5.41) is 0.708. The molecule has 5 nitrogen and oxygen atoms in total. The summed E-state index contributed by atoms with van der Waals surface area (Å²) in [6.45, 7) is 7.02. The number of thioether (sulfide) groups is 1. The average Bonchev–Trinajstić information content (AvgIpc) is 2.60. The summed E-state index contributed by atoms with van der Waals surface area (Å²) in [7, 11) is 0. The van der Waals surface area contributed by atoms with Gasteiger partial charge < -0.3 is 0 Å². The van der Waals surface area contributed by atoms with E-state index in [-0.39, 0.29) is 5.56 Å². The lowest BCUT2D eigenvalue weighted by molar-refractivity contribution is 0.480. The van der Waals surface area contributed by atoms with Crippen LogP contribution in [0.4, 0.5) is 0 Å². The normalized spacial score (nSPS) is 11.4. The van der Waals surface area contributed by atoms with Gasteiger partial charge in [-0.3, -0.25) is 9.36 Å². The molecule has 0 N–H and O–H groups in total. The summed E-state index contributed by atoms with van der Waals surface area (Å²) < 4.78 is 1.75. The highest BCUT2D eigenvalue weighted by atomic mass is 32.2. The third-order valence-electron chi connectivity index (χ3n) is 3.98. The fourth-order valence-corrected chi connectivity index (χ4v) is 3.43. The van der Waals surface area contributed by atoms with Gasteiger partial charge in [-0.25, -0.2) is 15.0 Å². The van der Waals surface area contributed by atoms with Crippen molar-refractivity contribution in [1.29, 1.82) is 0 Å². The standard InChI is InChI=1S/C19H22N4OS/c1-13(2)8-11-23-18(24)16-17(21-10-9-20-16)22-19(23)25-12-15-6-4-14(3)5-7-15/h4-7,9-10,13H,8,11-12H2,1-3H3. The van der Waals surface area contributed by atoms with Gasteiger partial charge in [0, 0.05) is 24.7 Å². The first-order valence-corrected chi connectivity index (χ1v) is 9.43. The Balaban J connectivity index is 1.94. The number of aromatic nitrogens is 4. The zero-order chi connectivity index (χ0) is 17.8. The lowest BCUT2D eigenvalue weighted by atomic mass is 10.1. The minimum atomic E-state index is -0.106. The lowest BCUT2D eigenvalue weighted by Gasteiger charge is -2.13. The minimum Gasteiger partial charge on any atom is -0.286 e. The molecule has 0 aliphatic heterocycles. The van der Waals surface area contributed by atoms with Crippen LogP contribution in [-0.4, -0.2) is 19.5 Å². The smallest absolute Gasteiger partial charge is 0.282 e. The molecule has 0 bridgehead atoms. The van der Waals surface area contributed by atoms with Gasteiger partial charge >= 0.3 is 0 Å². The van der Waals surface area contributed by atoms with E-state index in [4.69, 9.17) is 0 Å². The van der Waals surface area contributed by atoms with E-state index in [1.54, 1.807) is 22.5 Å². The number of rotatable bonds is 6. The summed E-state index contributed by atoms with van der Waals surface area (Å²) in [5.74, 6) is 1.28. The van der Waals surface area contributed by atoms with Crippen LogP contribution in [0.3, 0.4) is 0 Å². The van der Waals surface area contributed by atoms with Gasteiger partial charge in [0.1, 0.15) is 0 Å². The van der Waals surface area contributed by atoms with Crippen LogP contribution in [0.1, 0.15) is 31.4 Å². The van der Waals surface area contributed by atoms with E-state index in [0.29, 0.717) is 28.8 Å². The number of hydrogen-bond donors (Lipinski definition) is 0. The zero-order valence-corrected chi connectivity index (χ0v) is 15.6. The Morgan fingerprint density at radius 2 is 1.84 bits per heavy atom. The maximum Gasteiger partial charge on any atom is 0.282 e. The highest BCUT2D eigenvalue weighted by Gasteiger charge is 2.13. The van der Waals surface area contributed by atoms with E-state index in [2.05, 4.69) is 60.0 Å². The Labute approximate surface area is 151 Å². The molecular formula is C19H22N4OS. The van der Waals surface area contributed by atoms with Gasteiger partial charge in [-0.05, 0) is 24.8 Å². The highest BCUT2D eigenvalue weighted by molar-refractivity contribution is 7.98. The molecule has 0 unspecified atom stereocenters. The predicted molar refractivity (Wildman–Crippen MR) is 102 cm³/mol. The van der Waals surface area contributed by atoms with E-state index < -0.39 is 0 Å². The fourth-order valence-electron chi connectivity index (χ4n) is 2.46. The molecule has 0 radical (unpaired) electrons. The maximum absolute atomic E-state index is 12.8. The van der Waals surface area contributed by atoms with Crippen molar-refractivity contribution in [1.82, 2.24) is 19.5 Å². The topological polar surface area (TPSA) is 60.7 Å². The second-order valence-electron chi connectivity index (χ2n) is 6.54. The van der Waals surface area contributed by atoms with Crippen LogP contribution in [0, 0.1) is 12.8 Å². The van der Waals surface area contributed by atoms with Gasteiger partial charge in [0.05, 0.1) is 0 Å². The molecule has 0 aliphatic carbocycles. The van der Waals surface area contributed by atoms with Crippen LogP contribution in [0.25, 0.3) is 11.2 Å². The molecule has 0 atom stereocenters. The van der Waals surface area contributed by atoms with Gasteiger partial charge in [-0.1, -0.05) is 55.4 Å². The van der Waals surface area contributed by atoms with Crippen molar-refractivity contribution in [3.63, 3.8) is 0 Å². The molecule has 130 valence electrons. The van der Waals surface area contributed by atoms with Crippen LogP contribution in [0.2, 0.25) is 0 Å². The molecule has 0 saturated carbocycles. The van der Waals surface area contributed by atoms with E-state index in [1.807, 2.05) is 0 Å². The van der Waals surface area contributed by atoms with E-state index in [0.717, 1.165) is 12.2 Å². The Bertz CT molecular complexity index is 919. The monoisotopic (exact) mass is 354 g/mol. The third-order valence-corrected chi connectivity index (χ3v) is 5.03. The molecule has 3 aromatic rings. The molecular weight excluding hydrogens is 332 g/mol. The number of nitrogens with zero attached hydrogens (tertiary/aromatic N) is 4. The number of aryl methyl sites for hydroxylation is 1. The molecule has 0 aliphatic rings. The van der Waals surface area contributed by atoms with Crippen molar-refractivity contribution in [2.75, 3.05) is 0 Å². The Kier molecular flexibility index (Phi) is 5.48. The quantitative estimate of drug-likeness (QED) is 0.497. The van der Waals surface area contributed by atoms with E-state index in [9.17, 15) is 4.79 Å². The van der Waals surface area contributed by atoms with Crippen molar-refractivity contribution in [3.8, 4) is 0 Å². The number of fused-ring (bicyclic) bond motifs is 1. The van der Waals surface area contributed by atoms with Crippen molar-refractivity contribution >= 4 is 22.9 Å². The van der Waals surface area contributed by atoms with E-state index >= 15 is 0 Å². The van der Waals surface area contributed by atoms with Crippen LogP contribution >= 0.6 is 11.8 Å². The summed E-state index contributed by atoms with van der Waals surface area (Å²) >= 11 is 1.57. The third kappa shape index (κ3) is 4.25. The first-order chi connectivity index (χ1) is 12.0. The predicted octanol–water partition coefficient (Wildman–Crippen LogP) is 3.83. The number of benzene rings is 1. The molecule has 2 heterocycles. The molecule has 1 aromatic carbocycles. The van der Waals surface area contributed by atoms with Crippen molar-refractivity contribution in [3.05, 3.63) is 58.1 Å². The van der Waals surface area contributed by atoms with Crippen LogP contribution < -0.4 is 5.56 Å². The average molecular weight is 354 g/mol. The molecule has 6 heteroatoms. The van der Waals surface area contributed by atoms with E-state index in [1.165, 1.54) is 17.3 Å². The first-order valence-electron chi connectivity index (χ1n) is 8.44. The van der Waals surface area contributed by atoms with Gasteiger partial charge in [-0.2, -0.15) is 0 Å². The largest absolute Gasteiger partial charge is 0.286 e. The molecule has 0 amide bonds. The molecule has 2 aromatic heterocycles. The Morgan fingerprint density at radius 3 is 2.56 bits per heavy atom. The second kappa shape index (κ2) is 7.78. The Hall–Kier alpha value is -2.21. The molecule has 25 heavy (non-hydrogen) atoms. The van der Waals surface area contributed by atoms with Crippen LogP contribution in [0.5, 0.6) is 0 Å². The zero-order valence-electron chi connectivity index (χ0n) is 14.8. The van der Waals surface area contributed by atoms with Gasteiger partial charge in [0.25, 0.3) is 5.56 Å². The van der Waals surface area contributed by atoms with Crippen molar-refractivity contribution in [2.24, 2.45) is 5.92 Å². The molecule has 0 fully saturated rings. The second-order valence-corrected chi connectivity index (χ2v) is 7.48. The maximum atomic E-state index is 12.8. The van der Waals surface area contributed by atoms with Gasteiger partial charge in [0.2, 0.25) is 0 Å². The molecule has 0 spiro atoms. The van der Waals surface area contributed by atoms with Crippen LogP contribution in [-0.2, 0) is 12.3 Å². The lowest BCUT2D eigenvalue weighted by Crippen LogP contribution is -2.25. The highest BCUT2D eigenvalue weighted by Crippen LogP contribution is 2.22. The summed E-state index contributed by atoms with van der Waals surface area (Å²) in [5.41, 5.74) is 3.09. The minimum absolute atomic E-state index is 0.106. The Morgan fingerprint density at radius 1 is 1.12 bits per heavy atom. The summed E-state index contributed by atoms with van der Waals surface area (Å²) in [4.78, 5) is 25.8. The summed E-state index contributed by atoms with van der Waals surface area (Å²) in [6.07, 6.45) is 4.03. The van der Waals surface area contributed by atoms with Crippen molar-refractivity contribution in [2.45, 2.75) is 44.6 Å². The van der Waals surface area contributed by atoms with Crippen molar-refractivity contribution < 1.29 is 0 Å². The molecule has 0 saturated heterocycles. The fraction of sp³-hybridized carbons (Fsp3) is 0.368. The number of hydrogen-bond acceptors (Lipinski definition) is 5. The van der Waals surface area contributed by atoms with Crippen LogP contribution in [0.15, 0.2) is 46.6 Å². The first kappa shape index (κ1) is 17.6. The van der Waals surface area contributed by atoms with Gasteiger partial charge in [-0.15, -0.1) is 0 Å². The van der Waals surface area contributed by atoms with Gasteiger partial charge in [0.15, 0.2) is 16.3 Å². The molecule has 3 rings (SSSR count). The SMILES string of the molecule is Cc1ccc(CSc2nc3nccnc3c(=O)n2CCC(C)C)cc1. The summed E-state index contributed by atoms with van der Waals surface area (Å²) in [6, 6.07) is 8.42.